The highest BCUT2D eigenvalue weighted by atomic mass is 16.4. The van der Waals surface area contributed by atoms with Gasteiger partial charge in [0.05, 0.1) is 5.92 Å². The van der Waals surface area contributed by atoms with Crippen LogP contribution in [0.15, 0.2) is 0 Å². The fourth-order valence-corrected chi connectivity index (χ4v) is 3.29. The minimum absolute atomic E-state index is 0.0772. The second-order valence-corrected chi connectivity index (χ2v) is 6.37. The predicted octanol–water partition coefficient (Wildman–Crippen LogP) is 2.57. The zero-order chi connectivity index (χ0) is 13.9. The molecule has 4 heteroatoms. The van der Waals surface area contributed by atoms with Gasteiger partial charge in [-0.1, -0.05) is 19.8 Å². The smallest absolute Gasteiger partial charge is 0.306 e. The van der Waals surface area contributed by atoms with Crippen LogP contribution in [0.3, 0.4) is 0 Å². The van der Waals surface area contributed by atoms with E-state index in [1.54, 1.807) is 0 Å². The molecule has 108 valence electrons. The van der Waals surface area contributed by atoms with Gasteiger partial charge in [0.1, 0.15) is 0 Å². The van der Waals surface area contributed by atoms with E-state index in [-0.39, 0.29) is 17.7 Å². The SMILES string of the molecule is CCCC1(CNC(=O)C2CCCC(C(=O)O)C2)CC1. The van der Waals surface area contributed by atoms with Crippen molar-refractivity contribution in [1.82, 2.24) is 5.32 Å². The molecule has 0 aromatic carbocycles. The number of hydrogen-bond donors (Lipinski definition) is 2. The van der Waals surface area contributed by atoms with E-state index in [2.05, 4.69) is 12.2 Å². The van der Waals surface area contributed by atoms with Crippen LogP contribution in [0.1, 0.15) is 58.3 Å². The van der Waals surface area contributed by atoms with Crippen molar-refractivity contribution < 1.29 is 14.7 Å². The zero-order valence-electron chi connectivity index (χ0n) is 11.8. The van der Waals surface area contributed by atoms with Crippen molar-refractivity contribution in [2.24, 2.45) is 17.3 Å². The summed E-state index contributed by atoms with van der Waals surface area (Å²) in [4.78, 5) is 23.1. The number of carbonyl (C=O) groups excluding carboxylic acids is 1. The number of carbonyl (C=O) groups is 2. The van der Waals surface area contributed by atoms with Gasteiger partial charge in [-0.25, -0.2) is 0 Å². The number of rotatable bonds is 6. The van der Waals surface area contributed by atoms with Gasteiger partial charge in [-0.05, 0) is 43.9 Å². The lowest BCUT2D eigenvalue weighted by Crippen LogP contribution is -2.38. The van der Waals surface area contributed by atoms with E-state index < -0.39 is 5.97 Å². The second kappa shape index (κ2) is 5.93. The molecule has 2 fully saturated rings. The molecule has 2 N–H and O–H groups in total. The van der Waals surface area contributed by atoms with Crippen molar-refractivity contribution in [3.8, 4) is 0 Å². The Morgan fingerprint density at radius 2 is 1.95 bits per heavy atom. The highest BCUT2D eigenvalue weighted by Gasteiger charge is 2.42. The fraction of sp³-hybridized carbons (Fsp3) is 0.867. The molecule has 0 aromatic rings. The first-order chi connectivity index (χ1) is 9.06. The van der Waals surface area contributed by atoms with E-state index >= 15 is 0 Å². The van der Waals surface area contributed by atoms with Crippen molar-refractivity contribution in [2.75, 3.05) is 6.54 Å². The first-order valence-corrected chi connectivity index (χ1v) is 7.57. The maximum absolute atomic E-state index is 12.1. The highest BCUT2D eigenvalue weighted by Crippen LogP contribution is 2.49. The Kier molecular flexibility index (Phi) is 4.48. The molecular formula is C15H25NO3. The Labute approximate surface area is 115 Å². The molecule has 2 aliphatic carbocycles. The molecule has 2 rings (SSSR count). The van der Waals surface area contributed by atoms with Crippen LogP contribution < -0.4 is 5.32 Å². The zero-order valence-corrected chi connectivity index (χ0v) is 11.8. The van der Waals surface area contributed by atoms with Crippen LogP contribution in [0.4, 0.5) is 0 Å². The lowest BCUT2D eigenvalue weighted by Gasteiger charge is -2.26. The van der Waals surface area contributed by atoms with Crippen LogP contribution in [-0.2, 0) is 9.59 Å². The summed E-state index contributed by atoms with van der Waals surface area (Å²) in [6.45, 7) is 2.97. The second-order valence-electron chi connectivity index (χ2n) is 6.37. The van der Waals surface area contributed by atoms with Gasteiger partial charge in [0.25, 0.3) is 0 Å². The summed E-state index contributed by atoms with van der Waals surface area (Å²) in [5.41, 5.74) is 0.366. The Balaban J connectivity index is 1.78. The molecule has 2 aliphatic rings. The molecule has 0 aliphatic heterocycles. The first kappa shape index (κ1) is 14.4. The number of hydrogen-bond acceptors (Lipinski definition) is 2. The van der Waals surface area contributed by atoms with E-state index in [1.807, 2.05) is 0 Å². The van der Waals surface area contributed by atoms with Crippen molar-refractivity contribution in [3.63, 3.8) is 0 Å². The standard InChI is InChI=1S/C15H25NO3/c1-2-6-15(7-8-15)10-16-13(17)11-4-3-5-12(9-11)14(18)19/h11-12H,2-10H2,1H3,(H,16,17)(H,18,19). The molecule has 2 atom stereocenters. The third-order valence-corrected chi connectivity index (χ3v) is 4.77. The van der Waals surface area contributed by atoms with E-state index in [1.165, 1.54) is 25.7 Å². The van der Waals surface area contributed by atoms with Crippen LogP contribution >= 0.6 is 0 Å². The minimum Gasteiger partial charge on any atom is -0.481 e. The summed E-state index contributed by atoms with van der Waals surface area (Å²) in [5, 5.41) is 12.1. The largest absolute Gasteiger partial charge is 0.481 e. The first-order valence-electron chi connectivity index (χ1n) is 7.57. The highest BCUT2D eigenvalue weighted by molar-refractivity contribution is 5.80. The van der Waals surface area contributed by atoms with E-state index in [0.717, 1.165) is 25.8 Å². The molecule has 2 saturated carbocycles. The van der Waals surface area contributed by atoms with Gasteiger partial charge >= 0.3 is 5.97 Å². The number of amides is 1. The van der Waals surface area contributed by atoms with Crippen LogP contribution in [0.2, 0.25) is 0 Å². The van der Waals surface area contributed by atoms with E-state index in [4.69, 9.17) is 5.11 Å². The minimum atomic E-state index is -0.748. The predicted molar refractivity (Wildman–Crippen MR) is 72.7 cm³/mol. The Morgan fingerprint density at radius 1 is 1.26 bits per heavy atom. The van der Waals surface area contributed by atoms with Crippen LogP contribution in [0.5, 0.6) is 0 Å². The van der Waals surface area contributed by atoms with Gasteiger partial charge in [-0.3, -0.25) is 9.59 Å². The topological polar surface area (TPSA) is 66.4 Å². The van der Waals surface area contributed by atoms with Crippen LogP contribution in [-0.4, -0.2) is 23.5 Å². The third kappa shape index (κ3) is 3.71. The molecular weight excluding hydrogens is 242 g/mol. The van der Waals surface area contributed by atoms with Crippen LogP contribution in [0.25, 0.3) is 0 Å². The summed E-state index contributed by atoms with van der Waals surface area (Å²) >= 11 is 0. The Bertz CT molecular complexity index is 349. The average Bonchev–Trinajstić information content (AvgIpc) is 3.17. The molecule has 1 amide bonds. The monoisotopic (exact) mass is 267 g/mol. The summed E-state index contributed by atoms with van der Waals surface area (Å²) in [6, 6.07) is 0. The fourth-order valence-electron chi connectivity index (χ4n) is 3.29. The van der Waals surface area contributed by atoms with Gasteiger partial charge in [-0.2, -0.15) is 0 Å². The molecule has 0 spiro atoms. The van der Waals surface area contributed by atoms with Gasteiger partial charge in [0, 0.05) is 12.5 Å². The summed E-state index contributed by atoms with van der Waals surface area (Å²) in [5.74, 6) is -1.09. The molecule has 0 heterocycles. The van der Waals surface area contributed by atoms with E-state index in [9.17, 15) is 9.59 Å². The summed E-state index contributed by atoms with van der Waals surface area (Å²) < 4.78 is 0. The summed E-state index contributed by atoms with van der Waals surface area (Å²) in [7, 11) is 0. The maximum atomic E-state index is 12.1. The van der Waals surface area contributed by atoms with Gasteiger partial charge in [0.2, 0.25) is 5.91 Å². The number of carboxylic acid groups (broad SMARTS) is 1. The van der Waals surface area contributed by atoms with E-state index in [0.29, 0.717) is 11.8 Å². The van der Waals surface area contributed by atoms with Crippen LogP contribution in [0, 0.1) is 17.3 Å². The number of carboxylic acids is 1. The lowest BCUT2D eigenvalue weighted by atomic mass is 9.81. The molecule has 0 saturated heterocycles. The summed E-state index contributed by atoms with van der Waals surface area (Å²) in [6.07, 6.45) is 7.75. The Hall–Kier alpha value is -1.06. The molecule has 19 heavy (non-hydrogen) atoms. The number of nitrogens with one attached hydrogen (secondary N) is 1. The van der Waals surface area contributed by atoms with Crippen molar-refractivity contribution in [3.05, 3.63) is 0 Å². The Morgan fingerprint density at radius 3 is 2.53 bits per heavy atom. The van der Waals surface area contributed by atoms with Gasteiger partial charge in [-0.15, -0.1) is 0 Å². The maximum Gasteiger partial charge on any atom is 0.306 e. The molecule has 0 aromatic heterocycles. The van der Waals surface area contributed by atoms with Crippen molar-refractivity contribution in [1.29, 1.82) is 0 Å². The lowest BCUT2D eigenvalue weighted by molar-refractivity contribution is -0.144. The van der Waals surface area contributed by atoms with Gasteiger partial charge < -0.3 is 10.4 Å². The molecule has 0 bridgehead atoms. The van der Waals surface area contributed by atoms with Gasteiger partial charge in [0.15, 0.2) is 0 Å². The molecule has 0 radical (unpaired) electrons. The molecule has 4 nitrogen and oxygen atoms in total. The normalized spacial score (nSPS) is 28.7. The average molecular weight is 267 g/mol. The third-order valence-electron chi connectivity index (χ3n) is 4.77. The molecule has 2 unspecified atom stereocenters. The quantitative estimate of drug-likeness (QED) is 0.777. The van der Waals surface area contributed by atoms with Crippen molar-refractivity contribution >= 4 is 11.9 Å². The van der Waals surface area contributed by atoms with Crippen molar-refractivity contribution in [2.45, 2.75) is 58.3 Å². The number of aliphatic carboxylic acids is 1.